The van der Waals surface area contributed by atoms with Crippen LogP contribution in [0.2, 0.25) is 0 Å². The molecule has 0 saturated heterocycles. The van der Waals surface area contributed by atoms with E-state index in [1.165, 1.54) is 5.56 Å². The standard InChI is InChI=1S/C12H10N4/c1-9-2-4-10(5-3-9)11-6-7-14-12(16-11)15-8-13/h2-7H,1H3,(H,14,15,16). The van der Waals surface area contributed by atoms with Crippen LogP contribution in [0.25, 0.3) is 11.3 Å². The lowest BCUT2D eigenvalue weighted by Crippen LogP contribution is -1.96. The molecule has 1 heterocycles. The second kappa shape index (κ2) is 4.41. The van der Waals surface area contributed by atoms with Gasteiger partial charge in [-0.1, -0.05) is 29.8 Å². The second-order valence-corrected chi connectivity index (χ2v) is 3.37. The molecule has 2 aromatic rings. The minimum atomic E-state index is 0.320. The zero-order valence-corrected chi connectivity index (χ0v) is 8.81. The molecule has 0 aliphatic rings. The van der Waals surface area contributed by atoms with E-state index in [2.05, 4.69) is 15.3 Å². The van der Waals surface area contributed by atoms with Crippen LogP contribution in [0.3, 0.4) is 0 Å². The number of hydrogen-bond donors (Lipinski definition) is 1. The number of aromatic nitrogens is 2. The molecule has 16 heavy (non-hydrogen) atoms. The van der Waals surface area contributed by atoms with E-state index in [1.807, 2.05) is 37.3 Å². The van der Waals surface area contributed by atoms with Crippen molar-refractivity contribution in [2.24, 2.45) is 0 Å². The summed E-state index contributed by atoms with van der Waals surface area (Å²) >= 11 is 0. The van der Waals surface area contributed by atoms with Crippen LogP contribution in [0.4, 0.5) is 5.95 Å². The molecule has 0 unspecified atom stereocenters. The average molecular weight is 210 g/mol. The molecule has 4 heteroatoms. The van der Waals surface area contributed by atoms with Gasteiger partial charge < -0.3 is 0 Å². The van der Waals surface area contributed by atoms with Gasteiger partial charge in [0.1, 0.15) is 0 Å². The highest BCUT2D eigenvalue weighted by Crippen LogP contribution is 2.17. The maximum Gasteiger partial charge on any atom is 0.236 e. The normalized spacial score (nSPS) is 9.50. The Labute approximate surface area is 93.6 Å². The van der Waals surface area contributed by atoms with Gasteiger partial charge in [-0.3, -0.25) is 5.32 Å². The Balaban J connectivity index is 2.37. The van der Waals surface area contributed by atoms with Gasteiger partial charge in [0.25, 0.3) is 0 Å². The Morgan fingerprint density at radius 2 is 1.94 bits per heavy atom. The number of aryl methyl sites for hydroxylation is 1. The molecule has 0 saturated carbocycles. The minimum absolute atomic E-state index is 0.320. The van der Waals surface area contributed by atoms with Crippen molar-refractivity contribution < 1.29 is 0 Å². The van der Waals surface area contributed by atoms with Crippen LogP contribution in [0.15, 0.2) is 36.5 Å². The first kappa shape index (κ1) is 10.1. The molecule has 0 fully saturated rings. The summed E-state index contributed by atoms with van der Waals surface area (Å²) in [4.78, 5) is 8.15. The average Bonchev–Trinajstić information content (AvgIpc) is 2.31. The van der Waals surface area contributed by atoms with E-state index in [-0.39, 0.29) is 0 Å². The van der Waals surface area contributed by atoms with Gasteiger partial charge in [-0.2, -0.15) is 5.26 Å². The highest BCUT2D eigenvalue weighted by atomic mass is 15.1. The van der Waals surface area contributed by atoms with Gasteiger partial charge in [0.2, 0.25) is 5.95 Å². The van der Waals surface area contributed by atoms with Crippen LogP contribution in [-0.2, 0) is 0 Å². The molecule has 0 radical (unpaired) electrons. The Morgan fingerprint density at radius 1 is 1.19 bits per heavy atom. The van der Waals surface area contributed by atoms with E-state index >= 15 is 0 Å². The Hall–Kier alpha value is -2.41. The molecule has 1 aromatic heterocycles. The molecule has 2 rings (SSSR count). The summed E-state index contributed by atoms with van der Waals surface area (Å²) in [5.41, 5.74) is 3.01. The quantitative estimate of drug-likeness (QED) is 0.610. The number of nitrogens with one attached hydrogen (secondary N) is 1. The van der Waals surface area contributed by atoms with E-state index in [0.29, 0.717) is 5.95 Å². The van der Waals surface area contributed by atoms with Crippen molar-refractivity contribution in [2.45, 2.75) is 6.92 Å². The Morgan fingerprint density at radius 3 is 2.62 bits per heavy atom. The zero-order valence-electron chi connectivity index (χ0n) is 8.81. The molecule has 0 atom stereocenters. The van der Waals surface area contributed by atoms with E-state index in [4.69, 9.17) is 5.26 Å². The van der Waals surface area contributed by atoms with Crippen molar-refractivity contribution in [3.05, 3.63) is 42.1 Å². The molecule has 0 amide bonds. The minimum Gasteiger partial charge on any atom is -0.261 e. The highest BCUT2D eigenvalue weighted by Gasteiger charge is 2.00. The lowest BCUT2D eigenvalue weighted by molar-refractivity contribution is 1.17. The van der Waals surface area contributed by atoms with Crippen molar-refractivity contribution in [3.8, 4) is 17.5 Å². The summed E-state index contributed by atoms with van der Waals surface area (Å²) in [6.45, 7) is 2.03. The molecule has 1 N–H and O–H groups in total. The number of rotatable bonds is 2. The number of nitriles is 1. The van der Waals surface area contributed by atoms with Crippen LogP contribution in [0, 0.1) is 18.4 Å². The fourth-order valence-corrected chi connectivity index (χ4v) is 1.35. The summed E-state index contributed by atoms with van der Waals surface area (Å²) < 4.78 is 0. The lowest BCUT2D eigenvalue weighted by atomic mass is 10.1. The van der Waals surface area contributed by atoms with Crippen LogP contribution in [0.5, 0.6) is 0 Å². The predicted molar refractivity (Wildman–Crippen MR) is 61.4 cm³/mol. The van der Waals surface area contributed by atoms with Gasteiger partial charge in [0.05, 0.1) is 5.69 Å². The van der Waals surface area contributed by atoms with Crippen molar-refractivity contribution in [3.63, 3.8) is 0 Å². The van der Waals surface area contributed by atoms with Crippen molar-refractivity contribution >= 4 is 5.95 Å². The molecule has 0 aliphatic heterocycles. The van der Waals surface area contributed by atoms with Gasteiger partial charge >= 0.3 is 0 Å². The molecule has 78 valence electrons. The fraction of sp³-hybridized carbons (Fsp3) is 0.0833. The topological polar surface area (TPSA) is 61.6 Å². The van der Waals surface area contributed by atoms with Crippen LogP contribution in [0.1, 0.15) is 5.56 Å². The van der Waals surface area contributed by atoms with Gasteiger partial charge in [-0.25, -0.2) is 9.97 Å². The van der Waals surface area contributed by atoms with E-state index in [0.717, 1.165) is 11.3 Å². The van der Waals surface area contributed by atoms with E-state index in [9.17, 15) is 0 Å². The maximum atomic E-state index is 8.48. The summed E-state index contributed by atoms with van der Waals surface area (Å²) in [6.07, 6.45) is 3.42. The number of hydrogen-bond acceptors (Lipinski definition) is 4. The van der Waals surface area contributed by atoms with Gasteiger partial charge in [-0.15, -0.1) is 0 Å². The first-order valence-electron chi connectivity index (χ1n) is 4.85. The third-order valence-electron chi connectivity index (χ3n) is 2.17. The van der Waals surface area contributed by atoms with Crippen molar-refractivity contribution in [1.82, 2.24) is 9.97 Å². The SMILES string of the molecule is Cc1ccc(-c2ccnc(NC#N)n2)cc1. The van der Waals surface area contributed by atoms with Crippen LogP contribution < -0.4 is 5.32 Å². The van der Waals surface area contributed by atoms with Crippen molar-refractivity contribution in [2.75, 3.05) is 5.32 Å². The van der Waals surface area contributed by atoms with E-state index in [1.54, 1.807) is 12.4 Å². The Bertz CT molecular complexity index is 525. The second-order valence-electron chi connectivity index (χ2n) is 3.37. The fourth-order valence-electron chi connectivity index (χ4n) is 1.35. The molecule has 4 nitrogen and oxygen atoms in total. The first-order chi connectivity index (χ1) is 7.79. The summed E-state index contributed by atoms with van der Waals surface area (Å²) in [6, 6.07) is 9.85. The molecule has 0 bridgehead atoms. The van der Waals surface area contributed by atoms with Crippen LogP contribution >= 0.6 is 0 Å². The zero-order chi connectivity index (χ0) is 11.4. The monoisotopic (exact) mass is 210 g/mol. The molecular formula is C12H10N4. The Kier molecular flexibility index (Phi) is 2.79. The lowest BCUT2D eigenvalue weighted by Gasteiger charge is -2.02. The highest BCUT2D eigenvalue weighted by molar-refractivity contribution is 5.60. The van der Waals surface area contributed by atoms with Gasteiger partial charge in [0.15, 0.2) is 6.19 Å². The smallest absolute Gasteiger partial charge is 0.236 e. The third-order valence-corrected chi connectivity index (χ3v) is 2.17. The number of benzene rings is 1. The van der Waals surface area contributed by atoms with Crippen molar-refractivity contribution in [1.29, 1.82) is 5.26 Å². The van der Waals surface area contributed by atoms with Gasteiger partial charge in [0, 0.05) is 11.8 Å². The molecular weight excluding hydrogens is 200 g/mol. The van der Waals surface area contributed by atoms with Gasteiger partial charge in [-0.05, 0) is 13.0 Å². The number of nitrogens with zero attached hydrogens (tertiary/aromatic N) is 3. The largest absolute Gasteiger partial charge is 0.261 e. The van der Waals surface area contributed by atoms with E-state index < -0.39 is 0 Å². The summed E-state index contributed by atoms with van der Waals surface area (Å²) in [7, 11) is 0. The predicted octanol–water partition coefficient (Wildman–Crippen LogP) is 2.34. The molecule has 1 aromatic carbocycles. The summed E-state index contributed by atoms with van der Waals surface area (Å²) in [5.74, 6) is 0.320. The maximum absolute atomic E-state index is 8.48. The number of anilines is 1. The first-order valence-corrected chi connectivity index (χ1v) is 4.85. The third kappa shape index (κ3) is 2.15. The molecule has 0 spiro atoms. The summed E-state index contributed by atoms with van der Waals surface area (Å²) in [5, 5.41) is 10.9. The van der Waals surface area contributed by atoms with Crippen LogP contribution in [-0.4, -0.2) is 9.97 Å². The molecule has 0 aliphatic carbocycles.